The molecule has 27 heavy (non-hydrogen) atoms. The Labute approximate surface area is 168 Å². The SMILES string of the molecule is O=C(C=Cc1ccc(Cl)c(Cl)c1)NCc1ccc(S(=O)(=O)NC2CC2)cc1. The van der Waals surface area contributed by atoms with Gasteiger partial charge in [-0.2, -0.15) is 0 Å². The Balaban J connectivity index is 1.53. The van der Waals surface area contributed by atoms with Gasteiger partial charge in [0.2, 0.25) is 15.9 Å². The van der Waals surface area contributed by atoms with Gasteiger partial charge in [-0.05, 0) is 54.3 Å². The Morgan fingerprint density at radius 3 is 2.41 bits per heavy atom. The smallest absolute Gasteiger partial charge is 0.244 e. The van der Waals surface area contributed by atoms with E-state index < -0.39 is 10.0 Å². The van der Waals surface area contributed by atoms with Crippen LogP contribution in [0.15, 0.2) is 53.4 Å². The third kappa shape index (κ3) is 5.81. The molecule has 0 bridgehead atoms. The summed E-state index contributed by atoms with van der Waals surface area (Å²) in [5.74, 6) is -0.270. The topological polar surface area (TPSA) is 75.3 Å². The minimum Gasteiger partial charge on any atom is -0.348 e. The van der Waals surface area contributed by atoms with E-state index in [4.69, 9.17) is 23.2 Å². The van der Waals surface area contributed by atoms with Gasteiger partial charge in [-0.1, -0.05) is 41.4 Å². The minimum atomic E-state index is -3.46. The van der Waals surface area contributed by atoms with Gasteiger partial charge in [0.1, 0.15) is 0 Å². The van der Waals surface area contributed by atoms with Crippen LogP contribution in [0.2, 0.25) is 10.0 Å². The normalized spacial score (nSPS) is 14.4. The van der Waals surface area contributed by atoms with E-state index in [0.29, 0.717) is 16.6 Å². The van der Waals surface area contributed by atoms with Gasteiger partial charge in [-0.25, -0.2) is 13.1 Å². The molecular weight excluding hydrogens is 407 g/mol. The number of benzene rings is 2. The molecule has 0 spiro atoms. The van der Waals surface area contributed by atoms with E-state index in [1.54, 1.807) is 36.4 Å². The van der Waals surface area contributed by atoms with Crippen LogP contribution in [0.1, 0.15) is 24.0 Å². The van der Waals surface area contributed by atoms with E-state index in [1.807, 2.05) is 0 Å². The first-order chi connectivity index (χ1) is 12.8. The monoisotopic (exact) mass is 424 g/mol. The predicted octanol–water partition coefficient (Wildman–Crippen LogP) is 3.76. The van der Waals surface area contributed by atoms with E-state index >= 15 is 0 Å². The molecule has 2 aromatic rings. The summed E-state index contributed by atoms with van der Waals surface area (Å²) in [5.41, 5.74) is 1.56. The number of nitrogens with one attached hydrogen (secondary N) is 2. The third-order valence-corrected chi connectivity index (χ3v) is 6.25. The van der Waals surface area contributed by atoms with Crippen LogP contribution in [-0.2, 0) is 21.4 Å². The fourth-order valence-electron chi connectivity index (χ4n) is 2.31. The van der Waals surface area contributed by atoms with Gasteiger partial charge >= 0.3 is 0 Å². The van der Waals surface area contributed by atoms with Crippen LogP contribution in [-0.4, -0.2) is 20.4 Å². The first-order valence-corrected chi connectivity index (χ1v) is 10.6. The number of rotatable bonds is 7. The average molecular weight is 425 g/mol. The van der Waals surface area contributed by atoms with Crippen molar-refractivity contribution in [3.63, 3.8) is 0 Å². The Morgan fingerprint density at radius 2 is 1.78 bits per heavy atom. The third-order valence-electron chi connectivity index (χ3n) is 3.97. The number of amides is 1. The highest BCUT2D eigenvalue weighted by atomic mass is 35.5. The fraction of sp³-hybridized carbons (Fsp3) is 0.211. The largest absolute Gasteiger partial charge is 0.348 e. The van der Waals surface area contributed by atoms with Crippen LogP contribution >= 0.6 is 23.2 Å². The highest BCUT2D eigenvalue weighted by Crippen LogP contribution is 2.23. The Bertz CT molecular complexity index is 969. The zero-order valence-electron chi connectivity index (χ0n) is 14.3. The molecule has 3 rings (SSSR count). The van der Waals surface area contributed by atoms with Crippen LogP contribution < -0.4 is 10.0 Å². The number of carbonyl (C=O) groups excluding carboxylic acids is 1. The summed E-state index contributed by atoms with van der Waals surface area (Å²) in [6.07, 6.45) is 4.81. The molecule has 5 nitrogen and oxygen atoms in total. The maximum Gasteiger partial charge on any atom is 0.244 e. The second kappa shape index (κ2) is 8.44. The summed E-state index contributed by atoms with van der Waals surface area (Å²) in [6.45, 7) is 0.293. The van der Waals surface area contributed by atoms with Crippen LogP contribution in [0.4, 0.5) is 0 Å². The lowest BCUT2D eigenvalue weighted by Crippen LogP contribution is -2.25. The van der Waals surface area contributed by atoms with Gasteiger partial charge in [-0.15, -0.1) is 0 Å². The molecule has 142 valence electrons. The second-order valence-corrected chi connectivity index (χ2v) is 8.79. The number of hydrogen-bond acceptors (Lipinski definition) is 3. The van der Waals surface area contributed by atoms with Crippen LogP contribution in [0.5, 0.6) is 0 Å². The summed E-state index contributed by atoms with van der Waals surface area (Å²) < 4.78 is 26.9. The molecule has 0 saturated heterocycles. The first kappa shape index (κ1) is 19.9. The lowest BCUT2D eigenvalue weighted by Gasteiger charge is -2.07. The predicted molar refractivity (Wildman–Crippen MR) is 107 cm³/mol. The van der Waals surface area contributed by atoms with Crippen molar-refractivity contribution < 1.29 is 13.2 Å². The molecule has 1 amide bonds. The maximum absolute atomic E-state index is 12.1. The molecule has 1 fully saturated rings. The van der Waals surface area contributed by atoms with Crippen molar-refractivity contribution in [2.45, 2.75) is 30.3 Å². The van der Waals surface area contributed by atoms with E-state index in [9.17, 15) is 13.2 Å². The molecule has 2 N–H and O–H groups in total. The maximum atomic E-state index is 12.1. The Morgan fingerprint density at radius 1 is 1.07 bits per heavy atom. The van der Waals surface area contributed by atoms with Crippen molar-refractivity contribution >= 4 is 45.2 Å². The quantitative estimate of drug-likeness (QED) is 0.664. The van der Waals surface area contributed by atoms with Gasteiger partial charge < -0.3 is 5.32 Å². The molecule has 0 aromatic heterocycles. The number of carbonyl (C=O) groups is 1. The summed E-state index contributed by atoms with van der Waals surface area (Å²) in [6, 6.07) is 11.6. The number of sulfonamides is 1. The van der Waals surface area contributed by atoms with Gasteiger partial charge in [-0.3, -0.25) is 4.79 Å². The highest BCUT2D eigenvalue weighted by Gasteiger charge is 2.27. The molecule has 1 aliphatic rings. The molecule has 1 aliphatic carbocycles. The van der Waals surface area contributed by atoms with E-state index in [2.05, 4.69) is 10.0 Å². The summed E-state index contributed by atoms with van der Waals surface area (Å²) in [5, 5.41) is 3.62. The van der Waals surface area contributed by atoms with Crippen LogP contribution in [0.25, 0.3) is 6.08 Å². The van der Waals surface area contributed by atoms with Crippen LogP contribution in [0, 0.1) is 0 Å². The summed E-state index contributed by atoms with van der Waals surface area (Å²) in [7, 11) is -3.46. The summed E-state index contributed by atoms with van der Waals surface area (Å²) >= 11 is 11.8. The zero-order valence-corrected chi connectivity index (χ0v) is 16.6. The first-order valence-electron chi connectivity index (χ1n) is 8.36. The molecule has 0 radical (unpaired) electrons. The van der Waals surface area contributed by atoms with Crippen molar-refractivity contribution in [1.82, 2.24) is 10.0 Å². The zero-order chi connectivity index (χ0) is 19.4. The molecular formula is C19H18Cl2N2O3S. The van der Waals surface area contributed by atoms with Crippen molar-refractivity contribution in [2.24, 2.45) is 0 Å². The van der Waals surface area contributed by atoms with Gasteiger partial charge in [0, 0.05) is 18.7 Å². The van der Waals surface area contributed by atoms with E-state index in [-0.39, 0.29) is 16.8 Å². The van der Waals surface area contributed by atoms with Crippen molar-refractivity contribution in [3.8, 4) is 0 Å². The van der Waals surface area contributed by atoms with Crippen molar-refractivity contribution in [2.75, 3.05) is 0 Å². The Kier molecular flexibility index (Phi) is 6.22. The summed E-state index contributed by atoms with van der Waals surface area (Å²) in [4.78, 5) is 12.2. The van der Waals surface area contributed by atoms with E-state index in [1.165, 1.54) is 18.2 Å². The van der Waals surface area contributed by atoms with Gasteiger partial charge in [0.15, 0.2) is 0 Å². The number of hydrogen-bond donors (Lipinski definition) is 2. The molecule has 0 atom stereocenters. The van der Waals surface area contributed by atoms with Gasteiger partial charge in [0.25, 0.3) is 0 Å². The van der Waals surface area contributed by atoms with Gasteiger partial charge in [0.05, 0.1) is 14.9 Å². The molecule has 0 heterocycles. The molecule has 0 unspecified atom stereocenters. The fourth-order valence-corrected chi connectivity index (χ4v) is 3.92. The highest BCUT2D eigenvalue weighted by molar-refractivity contribution is 7.89. The number of halogens is 2. The lowest BCUT2D eigenvalue weighted by atomic mass is 10.2. The van der Waals surface area contributed by atoms with Crippen LogP contribution in [0.3, 0.4) is 0 Å². The second-order valence-electron chi connectivity index (χ2n) is 6.26. The minimum absolute atomic E-state index is 0.0660. The standard InChI is InChI=1S/C19H18Cl2N2O3S/c20-17-9-3-13(11-18(17)21)4-10-19(24)22-12-14-1-7-16(8-2-14)27(25,26)23-15-5-6-15/h1-4,7-11,15,23H,5-6,12H2,(H,22,24). The molecule has 0 aliphatic heterocycles. The molecule has 1 saturated carbocycles. The van der Waals surface area contributed by atoms with Crippen molar-refractivity contribution in [1.29, 1.82) is 0 Å². The average Bonchev–Trinajstić information content (AvgIpc) is 3.44. The molecule has 8 heteroatoms. The lowest BCUT2D eigenvalue weighted by molar-refractivity contribution is -0.116. The molecule has 2 aromatic carbocycles. The Hall–Kier alpha value is -1.86. The van der Waals surface area contributed by atoms with Crippen molar-refractivity contribution in [3.05, 3.63) is 69.7 Å². The van der Waals surface area contributed by atoms with E-state index in [0.717, 1.165) is 24.0 Å².